The Morgan fingerprint density at radius 1 is 1.32 bits per heavy atom. The van der Waals surface area contributed by atoms with E-state index in [9.17, 15) is 4.79 Å². The zero-order valence-corrected chi connectivity index (χ0v) is 11.9. The first kappa shape index (κ1) is 13.7. The van der Waals surface area contributed by atoms with Crippen LogP contribution in [0.1, 0.15) is 30.1 Å². The highest BCUT2D eigenvalue weighted by Crippen LogP contribution is 2.30. The van der Waals surface area contributed by atoms with E-state index in [1.165, 1.54) is 5.56 Å². The van der Waals surface area contributed by atoms with Crippen LogP contribution in [0.4, 0.5) is 0 Å². The molecular weight excluding hydrogens is 256 g/mol. The molecule has 0 radical (unpaired) electrons. The van der Waals surface area contributed by atoms with Gasteiger partial charge in [-0.15, -0.1) is 11.3 Å². The molecule has 0 spiro atoms. The van der Waals surface area contributed by atoms with E-state index in [2.05, 4.69) is 48.1 Å². The summed E-state index contributed by atoms with van der Waals surface area (Å²) in [4.78, 5) is 18.2. The van der Waals surface area contributed by atoms with Gasteiger partial charge in [-0.2, -0.15) is 4.99 Å². The van der Waals surface area contributed by atoms with E-state index in [1.807, 2.05) is 11.4 Å². The van der Waals surface area contributed by atoms with E-state index in [1.54, 1.807) is 17.4 Å². The van der Waals surface area contributed by atoms with Crippen molar-refractivity contribution in [3.05, 3.63) is 52.0 Å². The van der Waals surface area contributed by atoms with Gasteiger partial charge in [-0.05, 0) is 12.0 Å². The number of aromatic nitrogens is 1. The van der Waals surface area contributed by atoms with Gasteiger partial charge in [0.05, 0.1) is 17.2 Å². The zero-order chi connectivity index (χ0) is 13.7. The van der Waals surface area contributed by atoms with Crippen LogP contribution in [0.15, 0.2) is 40.7 Å². The van der Waals surface area contributed by atoms with Crippen LogP contribution >= 0.6 is 11.3 Å². The highest BCUT2D eigenvalue weighted by Gasteiger charge is 2.24. The number of rotatable bonds is 5. The Morgan fingerprint density at radius 2 is 2.05 bits per heavy atom. The molecule has 0 saturated carbocycles. The van der Waals surface area contributed by atoms with Crippen molar-refractivity contribution in [3.8, 4) is 0 Å². The standard InChI is InChI=1S/C15H16N2OS/c1-15(2,8-12-6-4-3-5-7-12)14-17-13(10-19-14)9-16-11-18/h3-7,10H,8-9H2,1-2H3. The summed E-state index contributed by atoms with van der Waals surface area (Å²) in [6, 6.07) is 10.4. The number of thiazole rings is 1. The molecule has 19 heavy (non-hydrogen) atoms. The average Bonchev–Trinajstić information content (AvgIpc) is 2.86. The summed E-state index contributed by atoms with van der Waals surface area (Å²) < 4.78 is 0. The Balaban J connectivity index is 2.14. The molecule has 1 aromatic carbocycles. The molecule has 2 aromatic rings. The fourth-order valence-electron chi connectivity index (χ4n) is 1.99. The van der Waals surface area contributed by atoms with Crippen molar-refractivity contribution >= 4 is 17.4 Å². The van der Waals surface area contributed by atoms with E-state index >= 15 is 0 Å². The third kappa shape index (κ3) is 3.60. The molecule has 1 aromatic heterocycles. The van der Waals surface area contributed by atoms with Crippen LogP contribution in [0.2, 0.25) is 0 Å². The highest BCUT2D eigenvalue weighted by molar-refractivity contribution is 7.09. The first-order valence-corrected chi connectivity index (χ1v) is 7.02. The Labute approximate surface area is 117 Å². The molecule has 4 heteroatoms. The lowest BCUT2D eigenvalue weighted by molar-refractivity contribution is 0.517. The predicted molar refractivity (Wildman–Crippen MR) is 77.1 cm³/mol. The van der Waals surface area contributed by atoms with Gasteiger partial charge in [-0.25, -0.2) is 9.78 Å². The second kappa shape index (κ2) is 5.91. The first-order valence-electron chi connectivity index (χ1n) is 6.14. The van der Waals surface area contributed by atoms with Crippen molar-refractivity contribution in [1.82, 2.24) is 4.98 Å². The van der Waals surface area contributed by atoms with E-state index in [-0.39, 0.29) is 5.41 Å². The monoisotopic (exact) mass is 272 g/mol. The second-order valence-electron chi connectivity index (χ2n) is 5.10. The minimum Gasteiger partial charge on any atom is -0.244 e. The van der Waals surface area contributed by atoms with Crippen LogP contribution in [0, 0.1) is 0 Å². The van der Waals surface area contributed by atoms with Crippen molar-refractivity contribution in [3.63, 3.8) is 0 Å². The number of hydrogen-bond acceptors (Lipinski definition) is 4. The Morgan fingerprint density at radius 3 is 2.74 bits per heavy atom. The van der Waals surface area contributed by atoms with Crippen molar-refractivity contribution in [1.29, 1.82) is 0 Å². The second-order valence-corrected chi connectivity index (χ2v) is 5.96. The maximum Gasteiger partial charge on any atom is 0.235 e. The summed E-state index contributed by atoms with van der Waals surface area (Å²) in [5.74, 6) is 0. The van der Waals surface area contributed by atoms with Gasteiger partial charge in [-0.1, -0.05) is 44.2 Å². The molecule has 3 nitrogen and oxygen atoms in total. The molecule has 0 saturated heterocycles. The molecular formula is C15H16N2OS. The summed E-state index contributed by atoms with van der Waals surface area (Å²) in [6.07, 6.45) is 2.49. The molecule has 0 bridgehead atoms. The van der Waals surface area contributed by atoms with Crippen LogP contribution < -0.4 is 0 Å². The average molecular weight is 272 g/mol. The number of hydrogen-bond donors (Lipinski definition) is 0. The van der Waals surface area contributed by atoms with Crippen LogP contribution in [0.5, 0.6) is 0 Å². The Bertz CT molecular complexity index is 583. The SMILES string of the molecule is CC(C)(Cc1ccccc1)c1nc(CN=C=O)cs1. The van der Waals surface area contributed by atoms with Gasteiger partial charge in [0.15, 0.2) is 0 Å². The van der Waals surface area contributed by atoms with E-state index < -0.39 is 0 Å². The van der Waals surface area contributed by atoms with Crippen molar-refractivity contribution in [2.75, 3.05) is 0 Å². The molecule has 0 aliphatic heterocycles. The van der Waals surface area contributed by atoms with Gasteiger partial charge in [0.2, 0.25) is 6.08 Å². The number of isocyanates is 1. The molecule has 0 N–H and O–H groups in total. The fourth-order valence-corrected chi connectivity index (χ4v) is 2.92. The number of carbonyl (C=O) groups excluding carboxylic acids is 1. The third-order valence-corrected chi connectivity index (χ3v) is 4.18. The van der Waals surface area contributed by atoms with E-state index in [0.29, 0.717) is 6.54 Å². The van der Waals surface area contributed by atoms with Gasteiger partial charge < -0.3 is 0 Å². The summed E-state index contributed by atoms with van der Waals surface area (Å²) in [6.45, 7) is 4.69. The molecule has 0 amide bonds. The quantitative estimate of drug-likeness (QED) is 0.617. The molecule has 0 fully saturated rings. The topological polar surface area (TPSA) is 42.3 Å². The summed E-state index contributed by atoms with van der Waals surface area (Å²) in [7, 11) is 0. The highest BCUT2D eigenvalue weighted by atomic mass is 32.1. The minimum atomic E-state index is -0.0187. The number of aliphatic imine (C=N–C) groups is 1. The molecule has 0 aliphatic carbocycles. The fraction of sp³-hybridized carbons (Fsp3) is 0.333. The number of nitrogens with zero attached hydrogens (tertiary/aromatic N) is 2. The van der Waals surface area contributed by atoms with Gasteiger partial charge in [0.1, 0.15) is 0 Å². The molecule has 0 atom stereocenters. The molecule has 0 unspecified atom stereocenters. The zero-order valence-electron chi connectivity index (χ0n) is 11.1. The summed E-state index contributed by atoms with van der Waals surface area (Å²) in [5.41, 5.74) is 2.12. The summed E-state index contributed by atoms with van der Waals surface area (Å²) in [5, 5.41) is 3.04. The van der Waals surface area contributed by atoms with Gasteiger partial charge in [0, 0.05) is 10.8 Å². The molecule has 0 aliphatic rings. The van der Waals surface area contributed by atoms with Gasteiger partial charge in [-0.3, -0.25) is 0 Å². The first-order chi connectivity index (χ1) is 9.12. The van der Waals surface area contributed by atoms with Crippen LogP contribution in [0.25, 0.3) is 0 Å². The predicted octanol–water partition coefficient (Wildman–Crippen LogP) is 3.50. The van der Waals surface area contributed by atoms with Crippen LogP contribution in [-0.4, -0.2) is 11.1 Å². The third-order valence-electron chi connectivity index (χ3n) is 2.93. The smallest absolute Gasteiger partial charge is 0.235 e. The number of benzene rings is 1. The maximum absolute atomic E-state index is 10.1. The van der Waals surface area contributed by atoms with Crippen molar-refractivity contribution < 1.29 is 4.79 Å². The van der Waals surface area contributed by atoms with Gasteiger partial charge >= 0.3 is 0 Å². The van der Waals surface area contributed by atoms with E-state index in [4.69, 9.17) is 0 Å². The van der Waals surface area contributed by atoms with Crippen LogP contribution in [0.3, 0.4) is 0 Å². The Kier molecular flexibility index (Phi) is 4.25. The maximum atomic E-state index is 10.1. The van der Waals surface area contributed by atoms with Crippen molar-refractivity contribution in [2.45, 2.75) is 32.2 Å². The normalized spacial score (nSPS) is 11.1. The lowest BCUT2D eigenvalue weighted by Crippen LogP contribution is -2.20. The lowest BCUT2D eigenvalue weighted by atomic mass is 9.86. The van der Waals surface area contributed by atoms with Crippen LogP contribution in [-0.2, 0) is 23.2 Å². The van der Waals surface area contributed by atoms with Gasteiger partial charge in [0.25, 0.3) is 0 Å². The molecule has 2 rings (SSSR count). The lowest BCUT2D eigenvalue weighted by Gasteiger charge is -2.22. The van der Waals surface area contributed by atoms with E-state index in [0.717, 1.165) is 17.1 Å². The molecule has 98 valence electrons. The molecule has 1 heterocycles. The summed E-state index contributed by atoms with van der Waals surface area (Å²) >= 11 is 1.63. The minimum absolute atomic E-state index is 0.0187. The largest absolute Gasteiger partial charge is 0.244 e. The van der Waals surface area contributed by atoms with Crippen molar-refractivity contribution in [2.24, 2.45) is 4.99 Å². The Hall–Kier alpha value is -1.77.